The second-order valence-electron chi connectivity index (χ2n) is 5.29. The summed E-state index contributed by atoms with van der Waals surface area (Å²) in [6.07, 6.45) is 4.44. The molecule has 1 N–H and O–H groups in total. The van der Waals surface area contributed by atoms with Crippen molar-refractivity contribution >= 4 is 15.9 Å². The average Bonchev–Trinajstić information content (AvgIpc) is 2.74. The first kappa shape index (κ1) is 16.7. The minimum Gasteiger partial charge on any atom is -0.319 e. The average molecular weight is 330 g/mol. The van der Waals surface area contributed by atoms with E-state index in [0.29, 0.717) is 5.41 Å². The highest BCUT2D eigenvalue weighted by Gasteiger charge is 2.29. The van der Waals surface area contributed by atoms with Crippen molar-refractivity contribution in [2.45, 2.75) is 59.9 Å². The molecule has 1 rings (SSSR count). The van der Waals surface area contributed by atoms with Gasteiger partial charge in [-0.1, -0.05) is 20.8 Å². The third kappa shape index (κ3) is 3.60. The first-order chi connectivity index (χ1) is 9.07. The van der Waals surface area contributed by atoms with E-state index in [1.165, 1.54) is 28.7 Å². The minimum absolute atomic E-state index is 0.329. The van der Waals surface area contributed by atoms with Crippen LogP contribution in [0.25, 0.3) is 0 Å². The third-order valence-corrected chi connectivity index (χ3v) is 5.20. The van der Waals surface area contributed by atoms with E-state index in [2.05, 4.69) is 53.6 Å². The topological polar surface area (TPSA) is 29.9 Å². The van der Waals surface area contributed by atoms with Crippen molar-refractivity contribution in [3.05, 3.63) is 15.9 Å². The monoisotopic (exact) mass is 329 g/mol. The number of aryl methyl sites for hydroxylation is 2. The van der Waals surface area contributed by atoms with Crippen molar-refractivity contribution in [2.24, 2.45) is 5.41 Å². The van der Waals surface area contributed by atoms with E-state index in [9.17, 15) is 0 Å². The molecule has 0 aliphatic heterocycles. The van der Waals surface area contributed by atoms with Crippen molar-refractivity contribution in [1.82, 2.24) is 15.1 Å². The van der Waals surface area contributed by atoms with Crippen LogP contribution in [0.4, 0.5) is 0 Å². The highest BCUT2D eigenvalue weighted by Crippen LogP contribution is 2.34. The van der Waals surface area contributed by atoms with Crippen LogP contribution in [-0.2, 0) is 19.4 Å². The molecular formula is C15H28BrN3. The molecule has 19 heavy (non-hydrogen) atoms. The van der Waals surface area contributed by atoms with Crippen molar-refractivity contribution in [3.63, 3.8) is 0 Å². The molecule has 4 heteroatoms. The normalized spacial score (nSPS) is 12.1. The van der Waals surface area contributed by atoms with Crippen LogP contribution in [0.2, 0.25) is 0 Å². The summed E-state index contributed by atoms with van der Waals surface area (Å²) in [6.45, 7) is 10.9. The van der Waals surface area contributed by atoms with Gasteiger partial charge in [-0.05, 0) is 61.0 Å². The summed E-state index contributed by atoms with van der Waals surface area (Å²) in [5, 5.41) is 8.07. The molecule has 0 unspecified atom stereocenters. The van der Waals surface area contributed by atoms with Gasteiger partial charge in [0.25, 0.3) is 0 Å². The summed E-state index contributed by atoms with van der Waals surface area (Å²) in [5.41, 5.74) is 2.87. The van der Waals surface area contributed by atoms with E-state index in [1.54, 1.807) is 0 Å². The second kappa shape index (κ2) is 7.44. The molecule has 0 saturated heterocycles. The van der Waals surface area contributed by atoms with E-state index in [-0.39, 0.29) is 0 Å². The molecule has 0 atom stereocenters. The fourth-order valence-corrected chi connectivity index (χ4v) is 3.43. The minimum atomic E-state index is 0.329. The first-order valence-electron chi connectivity index (χ1n) is 7.46. The van der Waals surface area contributed by atoms with Crippen molar-refractivity contribution in [2.75, 3.05) is 13.6 Å². The van der Waals surface area contributed by atoms with Crippen LogP contribution in [0.5, 0.6) is 0 Å². The largest absolute Gasteiger partial charge is 0.319 e. The Morgan fingerprint density at radius 3 is 2.26 bits per heavy atom. The predicted octanol–water partition coefficient (Wildman–Crippen LogP) is 3.80. The van der Waals surface area contributed by atoms with Crippen LogP contribution in [0.1, 0.15) is 51.9 Å². The zero-order chi connectivity index (χ0) is 14.5. The number of nitrogens with zero attached hydrogens (tertiary/aromatic N) is 2. The maximum atomic E-state index is 4.71. The zero-order valence-corrected chi connectivity index (χ0v) is 14.6. The Morgan fingerprint density at radius 2 is 1.84 bits per heavy atom. The van der Waals surface area contributed by atoms with Gasteiger partial charge in [0.15, 0.2) is 0 Å². The standard InChI is InChI=1S/C15H28BrN3/c1-6-12-14(16)13(19(9-4)18-12)10-15(7-2,8-3)11-17-5/h17H,6-11H2,1-5H3. The Labute approximate surface area is 126 Å². The summed E-state index contributed by atoms with van der Waals surface area (Å²) < 4.78 is 3.39. The highest BCUT2D eigenvalue weighted by atomic mass is 79.9. The molecule has 0 aliphatic carbocycles. The van der Waals surface area contributed by atoms with Gasteiger partial charge >= 0.3 is 0 Å². The van der Waals surface area contributed by atoms with Crippen molar-refractivity contribution in [1.29, 1.82) is 0 Å². The van der Waals surface area contributed by atoms with Crippen LogP contribution in [0, 0.1) is 5.41 Å². The lowest BCUT2D eigenvalue weighted by Crippen LogP contribution is -2.34. The van der Waals surface area contributed by atoms with Crippen LogP contribution in [-0.4, -0.2) is 23.4 Å². The van der Waals surface area contributed by atoms with Gasteiger partial charge in [-0.25, -0.2) is 0 Å². The van der Waals surface area contributed by atoms with E-state index < -0.39 is 0 Å². The molecule has 110 valence electrons. The molecular weight excluding hydrogens is 302 g/mol. The van der Waals surface area contributed by atoms with Crippen LogP contribution in [0.3, 0.4) is 0 Å². The molecule has 0 radical (unpaired) electrons. The van der Waals surface area contributed by atoms with Crippen molar-refractivity contribution in [3.8, 4) is 0 Å². The van der Waals surface area contributed by atoms with Gasteiger partial charge in [-0.15, -0.1) is 0 Å². The summed E-state index contributed by atoms with van der Waals surface area (Å²) in [6, 6.07) is 0. The Bertz CT molecular complexity index is 394. The van der Waals surface area contributed by atoms with Gasteiger partial charge in [0, 0.05) is 13.1 Å². The molecule has 1 aromatic rings. The first-order valence-corrected chi connectivity index (χ1v) is 8.25. The van der Waals surface area contributed by atoms with E-state index >= 15 is 0 Å². The maximum absolute atomic E-state index is 4.71. The smallest absolute Gasteiger partial charge is 0.0766 e. The Hall–Kier alpha value is -0.350. The number of aromatic nitrogens is 2. The molecule has 0 bridgehead atoms. The third-order valence-electron chi connectivity index (χ3n) is 4.29. The van der Waals surface area contributed by atoms with Crippen LogP contribution in [0.15, 0.2) is 4.47 Å². The number of halogens is 1. The molecule has 0 amide bonds. The molecule has 0 saturated carbocycles. The fourth-order valence-electron chi connectivity index (χ4n) is 2.73. The number of hydrogen-bond donors (Lipinski definition) is 1. The lowest BCUT2D eigenvalue weighted by atomic mass is 9.78. The van der Waals surface area contributed by atoms with Crippen LogP contribution < -0.4 is 5.32 Å². The molecule has 3 nitrogen and oxygen atoms in total. The lowest BCUT2D eigenvalue weighted by molar-refractivity contribution is 0.246. The van der Waals surface area contributed by atoms with Gasteiger partial charge in [0.05, 0.1) is 15.9 Å². The quantitative estimate of drug-likeness (QED) is 0.786. The van der Waals surface area contributed by atoms with Crippen molar-refractivity contribution < 1.29 is 0 Å². The van der Waals surface area contributed by atoms with Gasteiger partial charge in [-0.2, -0.15) is 5.10 Å². The van der Waals surface area contributed by atoms with Gasteiger partial charge in [0.1, 0.15) is 0 Å². The molecule has 0 fully saturated rings. The zero-order valence-electron chi connectivity index (χ0n) is 13.0. The highest BCUT2D eigenvalue weighted by molar-refractivity contribution is 9.10. The summed E-state index contributed by atoms with van der Waals surface area (Å²) in [7, 11) is 2.05. The fraction of sp³-hybridized carbons (Fsp3) is 0.800. The Kier molecular flexibility index (Phi) is 6.54. The number of nitrogens with one attached hydrogen (secondary N) is 1. The summed E-state index contributed by atoms with van der Waals surface area (Å²) >= 11 is 3.76. The number of rotatable bonds is 8. The Balaban J connectivity index is 3.11. The molecule has 1 aromatic heterocycles. The maximum Gasteiger partial charge on any atom is 0.0766 e. The van der Waals surface area contributed by atoms with Gasteiger partial charge < -0.3 is 5.32 Å². The second-order valence-corrected chi connectivity index (χ2v) is 6.08. The molecule has 1 heterocycles. The van der Waals surface area contributed by atoms with Gasteiger partial charge in [-0.3, -0.25) is 4.68 Å². The summed E-state index contributed by atoms with van der Waals surface area (Å²) in [4.78, 5) is 0. The Morgan fingerprint density at radius 1 is 1.21 bits per heavy atom. The van der Waals surface area contributed by atoms with E-state index in [0.717, 1.165) is 25.9 Å². The van der Waals surface area contributed by atoms with Gasteiger partial charge in [0.2, 0.25) is 0 Å². The summed E-state index contributed by atoms with van der Waals surface area (Å²) in [5.74, 6) is 0. The molecule has 0 spiro atoms. The molecule has 0 aliphatic rings. The van der Waals surface area contributed by atoms with Crippen LogP contribution >= 0.6 is 15.9 Å². The molecule has 0 aromatic carbocycles. The number of hydrogen-bond acceptors (Lipinski definition) is 2. The predicted molar refractivity (Wildman–Crippen MR) is 85.6 cm³/mol. The van der Waals surface area contributed by atoms with E-state index in [1.807, 2.05) is 7.05 Å². The SMILES string of the molecule is CCc1nn(CC)c(CC(CC)(CC)CNC)c1Br. The van der Waals surface area contributed by atoms with E-state index in [4.69, 9.17) is 5.10 Å². The lowest BCUT2D eigenvalue weighted by Gasteiger charge is -2.32.